The minimum atomic E-state index is -0.507. The zero-order chi connectivity index (χ0) is 19.7. The average molecular weight is 399 g/mol. The second kappa shape index (κ2) is 7.53. The maximum Gasteiger partial charge on any atom is 0.334 e. The van der Waals surface area contributed by atoms with E-state index >= 15 is 0 Å². The monoisotopic (exact) mass is 398 g/mol. The lowest BCUT2D eigenvalue weighted by atomic mass is 10.1. The lowest BCUT2D eigenvalue weighted by molar-refractivity contribution is 0.263. The van der Waals surface area contributed by atoms with Gasteiger partial charge in [-0.3, -0.25) is 14.7 Å². The molecule has 0 amide bonds. The molecule has 0 fully saturated rings. The molecule has 144 valence electrons. The van der Waals surface area contributed by atoms with E-state index in [-0.39, 0.29) is 5.56 Å². The third-order valence-corrected chi connectivity index (χ3v) is 4.96. The van der Waals surface area contributed by atoms with Gasteiger partial charge in [-0.2, -0.15) is 0 Å². The summed E-state index contributed by atoms with van der Waals surface area (Å²) in [5.74, 6) is 1.04. The van der Waals surface area contributed by atoms with Crippen LogP contribution >= 0.6 is 11.6 Å². The Labute approximate surface area is 166 Å². The Balaban J connectivity index is 1.72. The van der Waals surface area contributed by atoms with E-state index in [4.69, 9.17) is 16.3 Å². The molecule has 0 saturated carbocycles. The highest BCUT2D eigenvalue weighted by Crippen LogP contribution is 2.27. The Morgan fingerprint density at radius 1 is 1.11 bits per heavy atom. The van der Waals surface area contributed by atoms with Crippen LogP contribution in [0.1, 0.15) is 11.1 Å². The Morgan fingerprint density at radius 2 is 1.86 bits per heavy atom. The number of benzene rings is 2. The van der Waals surface area contributed by atoms with Crippen LogP contribution in [0.4, 0.5) is 5.82 Å². The summed E-state index contributed by atoms with van der Waals surface area (Å²) in [5.41, 5.74) is 1.27. The number of para-hydroxylation sites is 2. The minimum Gasteiger partial charge on any atom is -0.495 e. The molecule has 0 saturated heterocycles. The number of aromatic amines is 1. The summed E-state index contributed by atoms with van der Waals surface area (Å²) in [6.45, 7) is 1.56. The quantitative estimate of drug-likeness (QED) is 0.706. The van der Waals surface area contributed by atoms with Gasteiger partial charge in [-0.15, -0.1) is 0 Å². The number of fused-ring (bicyclic) bond motifs is 1. The smallest absolute Gasteiger partial charge is 0.334 e. The van der Waals surface area contributed by atoms with Crippen LogP contribution in [0.25, 0.3) is 5.69 Å². The largest absolute Gasteiger partial charge is 0.495 e. The number of halogens is 1. The second-order valence-corrected chi connectivity index (χ2v) is 6.98. The fourth-order valence-electron chi connectivity index (χ4n) is 3.38. The van der Waals surface area contributed by atoms with Gasteiger partial charge in [0.15, 0.2) is 0 Å². The Morgan fingerprint density at radius 3 is 2.61 bits per heavy atom. The van der Waals surface area contributed by atoms with Crippen LogP contribution in [0, 0.1) is 0 Å². The van der Waals surface area contributed by atoms with Crippen LogP contribution in [0.3, 0.4) is 0 Å². The van der Waals surface area contributed by atoms with E-state index in [1.807, 2.05) is 36.4 Å². The summed E-state index contributed by atoms with van der Waals surface area (Å²) < 4.78 is 6.84. The molecule has 1 aliphatic rings. The van der Waals surface area contributed by atoms with E-state index < -0.39 is 5.69 Å². The summed E-state index contributed by atoms with van der Waals surface area (Å²) in [5, 5.41) is 3.92. The van der Waals surface area contributed by atoms with E-state index in [1.54, 1.807) is 19.2 Å². The van der Waals surface area contributed by atoms with Gasteiger partial charge in [0.1, 0.15) is 11.6 Å². The maximum atomic E-state index is 12.6. The standard InChI is InChI=1S/C20H19ClN4O3/c1-28-17-5-3-2-4-16(17)25-18-15(19(26)23-20(25)27)11-24(12-22-18)10-13-6-8-14(21)9-7-13/h2-9,22H,10-12H2,1H3,(H,23,26,27). The van der Waals surface area contributed by atoms with Crippen molar-refractivity contribution in [2.45, 2.75) is 13.1 Å². The number of anilines is 1. The number of ether oxygens (including phenoxy) is 1. The Kier molecular flexibility index (Phi) is 4.93. The number of rotatable bonds is 4. The number of hydrogen-bond acceptors (Lipinski definition) is 5. The van der Waals surface area contributed by atoms with Crippen molar-refractivity contribution in [1.82, 2.24) is 14.5 Å². The molecular formula is C20H19ClN4O3. The molecule has 1 aromatic heterocycles. The molecule has 1 aliphatic heterocycles. The number of nitrogens with zero attached hydrogens (tertiary/aromatic N) is 2. The van der Waals surface area contributed by atoms with Crippen molar-refractivity contribution in [2.24, 2.45) is 0 Å². The van der Waals surface area contributed by atoms with Crippen molar-refractivity contribution in [2.75, 3.05) is 19.1 Å². The number of methoxy groups -OCH3 is 1. The molecule has 3 aromatic rings. The molecule has 2 aromatic carbocycles. The summed E-state index contributed by atoms with van der Waals surface area (Å²) in [4.78, 5) is 29.6. The second-order valence-electron chi connectivity index (χ2n) is 6.54. The fourth-order valence-corrected chi connectivity index (χ4v) is 3.50. The minimum absolute atomic E-state index is 0.389. The van der Waals surface area contributed by atoms with Gasteiger partial charge in [0, 0.05) is 18.1 Å². The average Bonchev–Trinajstić information content (AvgIpc) is 2.70. The summed E-state index contributed by atoms with van der Waals surface area (Å²) in [6.07, 6.45) is 0. The van der Waals surface area contributed by atoms with Crippen molar-refractivity contribution in [3.63, 3.8) is 0 Å². The third-order valence-electron chi connectivity index (χ3n) is 4.70. The molecule has 0 radical (unpaired) electrons. The molecule has 4 rings (SSSR count). The van der Waals surface area contributed by atoms with Gasteiger partial charge >= 0.3 is 5.69 Å². The Bertz CT molecular complexity index is 1120. The van der Waals surface area contributed by atoms with Gasteiger partial charge < -0.3 is 10.1 Å². The first-order chi connectivity index (χ1) is 13.6. The lowest BCUT2D eigenvalue weighted by Gasteiger charge is -2.31. The predicted molar refractivity (Wildman–Crippen MR) is 108 cm³/mol. The maximum absolute atomic E-state index is 12.6. The van der Waals surface area contributed by atoms with Crippen LogP contribution in [0.5, 0.6) is 5.75 Å². The van der Waals surface area contributed by atoms with Gasteiger partial charge in [0.05, 0.1) is 25.0 Å². The first kappa shape index (κ1) is 18.3. The summed E-state index contributed by atoms with van der Waals surface area (Å²) >= 11 is 5.94. The molecule has 0 atom stereocenters. The van der Waals surface area contributed by atoms with Crippen LogP contribution in [-0.2, 0) is 13.1 Å². The van der Waals surface area contributed by atoms with Gasteiger partial charge in [0.2, 0.25) is 0 Å². The highest BCUT2D eigenvalue weighted by molar-refractivity contribution is 6.30. The SMILES string of the molecule is COc1ccccc1-n1c2c(c(=O)[nH]c1=O)CN(Cc1ccc(Cl)cc1)CN2. The molecule has 2 N–H and O–H groups in total. The first-order valence-electron chi connectivity index (χ1n) is 8.79. The Hall–Kier alpha value is -3.03. The lowest BCUT2D eigenvalue weighted by Crippen LogP contribution is -2.42. The first-order valence-corrected chi connectivity index (χ1v) is 9.17. The zero-order valence-corrected chi connectivity index (χ0v) is 16.0. The molecule has 8 heteroatoms. The summed E-state index contributed by atoms with van der Waals surface area (Å²) in [6, 6.07) is 14.8. The van der Waals surface area contributed by atoms with Crippen molar-refractivity contribution >= 4 is 17.4 Å². The molecule has 7 nitrogen and oxygen atoms in total. The fraction of sp³-hybridized carbons (Fsp3) is 0.200. The topological polar surface area (TPSA) is 79.4 Å². The summed E-state index contributed by atoms with van der Waals surface area (Å²) in [7, 11) is 1.54. The van der Waals surface area contributed by atoms with Gasteiger partial charge in [-0.05, 0) is 29.8 Å². The number of H-pyrrole nitrogens is 1. The number of aromatic nitrogens is 2. The zero-order valence-electron chi connectivity index (χ0n) is 15.2. The molecule has 2 heterocycles. The van der Waals surface area contributed by atoms with Crippen molar-refractivity contribution < 1.29 is 4.74 Å². The van der Waals surface area contributed by atoms with Gasteiger partial charge in [-0.25, -0.2) is 9.36 Å². The number of nitrogens with one attached hydrogen (secondary N) is 2. The molecular weight excluding hydrogens is 380 g/mol. The molecule has 0 aliphatic carbocycles. The molecule has 0 spiro atoms. The van der Waals surface area contributed by atoms with Crippen molar-refractivity contribution in [3.8, 4) is 11.4 Å². The molecule has 28 heavy (non-hydrogen) atoms. The highest BCUT2D eigenvalue weighted by atomic mass is 35.5. The van der Waals surface area contributed by atoms with Crippen LogP contribution < -0.4 is 21.3 Å². The van der Waals surface area contributed by atoms with E-state index in [2.05, 4.69) is 15.2 Å². The normalized spacial score (nSPS) is 13.6. The predicted octanol–water partition coefficient (Wildman–Crippen LogP) is 2.57. The van der Waals surface area contributed by atoms with E-state index in [0.717, 1.165) is 5.56 Å². The van der Waals surface area contributed by atoms with Crippen LogP contribution in [0.2, 0.25) is 5.02 Å². The number of hydrogen-bond donors (Lipinski definition) is 2. The highest BCUT2D eigenvalue weighted by Gasteiger charge is 2.24. The van der Waals surface area contributed by atoms with E-state index in [9.17, 15) is 9.59 Å². The molecule has 0 unspecified atom stereocenters. The van der Waals surface area contributed by atoms with Crippen LogP contribution in [0.15, 0.2) is 58.1 Å². The van der Waals surface area contributed by atoms with Crippen molar-refractivity contribution in [3.05, 3.63) is 85.5 Å². The van der Waals surface area contributed by atoms with E-state index in [1.165, 1.54) is 4.57 Å². The van der Waals surface area contributed by atoms with Gasteiger partial charge in [-0.1, -0.05) is 35.9 Å². The van der Waals surface area contributed by atoms with Gasteiger partial charge in [0.25, 0.3) is 5.56 Å². The van der Waals surface area contributed by atoms with Crippen LogP contribution in [-0.4, -0.2) is 28.2 Å². The van der Waals surface area contributed by atoms with Crippen molar-refractivity contribution in [1.29, 1.82) is 0 Å². The third kappa shape index (κ3) is 3.42. The van der Waals surface area contributed by atoms with E-state index in [0.29, 0.717) is 47.6 Å². The molecule has 0 bridgehead atoms.